The molecular weight excluding hydrogens is 298 g/mol. The molecule has 1 aromatic heterocycles. The highest BCUT2D eigenvalue weighted by atomic mass is 16.5. The van der Waals surface area contributed by atoms with Crippen molar-refractivity contribution >= 4 is 16.6 Å². The van der Waals surface area contributed by atoms with Crippen LogP contribution in [0, 0.1) is 5.41 Å². The second kappa shape index (κ2) is 8.34. The number of anilines is 1. The van der Waals surface area contributed by atoms with E-state index in [1.165, 1.54) is 0 Å². The minimum absolute atomic E-state index is 0.175. The van der Waals surface area contributed by atoms with Gasteiger partial charge in [-0.1, -0.05) is 33.8 Å². The molecule has 1 N–H and O–H groups in total. The zero-order valence-electron chi connectivity index (χ0n) is 15.7. The van der Waals surface area contributed by atoms with Crippen LogP contribution in [-0.2, 0) is 0 Å². The third-order valence-corrected chi connectivity index (χ3v) is 4.29. The lowest BCUT2D eigenvalue weighted by atomic mass is 9.92. The van der Waals surface area contributed by atoms with E-state index in [1.54, 1.807) is 0 Å². The summed E-state index contributed by atoms with van der Waals surface area (Å²) in [5.41, 5.74) is 2.22. The molecule has 0 saturated heterocycles. The summed E-state index contributed by atoms with van der Waals surface area (Å²) in [6.45, 7) is 15.9. The third-order valence-electron chi connectivity index (χ3n) is 4.29. The maximum absolute atomic E-state index is 5.71. The summed E-state index contributed by atoms with van der Waals surface area (Å²) in [7, 11) is 0. The molecule has 4 nitrogen and oxygen atoms in total. The molecule has 132 valence electrons. The zero-order valence-corrected chi connectivity index (χ0v) is 15.7. The van der Waals surface area contributed by atoms with E-state index in [2.05, 4.69) is 61.1 Å². The number of benzene rings is 1. The molecule has 0 amide bonds. The highest BCUT2D eigenvalue weighted by Gasteiger charge is 2.21. The third kappa shape index (κ3) is 4.84. The molecule has 0 aliphatic carbocycles. The van der Waals surface area contributed by atoms with Crippen LogP contribution in [0.15, 0.2) is 30.5 Å². The fourth-order valence-corrected chi connectivity index (χ4v) is 2.99. The Labute approximate surface area is 146 Å². The maximum atomic E-state index is 5.71. The maximum Gasteiger partial charge on any atom is 0.122 e. The molecule has 1 heterocycles. The first-order chi connectivity index (χ1) is 11.5. The van der Waals surface area contributed by atoms with Gasteiger partial charge in [0, 0.05) is 30.7 Å². The van der Waals surface area contributed by atoms with Crippen molar-refractivity contribution in [3.05, 3.63) is 30.5 Å². The molecule has 0 spiro atoms. The van der Waals surface area contributed by atoms with Crippen LogP contribution in [0.25, 0.3) is 10.9 Å². The standard InChI is InChI=1S/C20H31N3O/c1-6-23(7-2)15-20(4,5)14-22-18-13-17(24-8-3)12-16-10-9-11-21-19(16)18/h9-13,22H,6-8,14-15H2,1-5H3. The van der Waals surface area contributed by atoms with Crippen LogP contribution in [-0.4, -0.2) is 42.7 Å². The van der Waals surface area contributed by atoms with E-state index in [0.29, 0.717) is 6.61 Å². The number of hydrogen-bond acceptors (Lipinski definition) is 4. The lowest BCUT2D eigenvalue weighted by Crippen LogP contribution is -2.38. The Hall–Kier alpha value is -1.81. The van der Waals surface area contributed by atoms with Crippen LogP contribution in [0.3, 0.4) is 0 Å². The van der Waals surface area contributed by atoms with Crippen molar-refractivity contribution in [1.82, 2.24) is 9.88 Å². The Morgan fingerprint density at radius 1 is 1.17 bits per heavy atom. The molecule has 0 atom stereocenters. The van der Waals surface area contributed by atoms with Crippen LogP contribution < -0.4 is 10.1 Å². The van der Waals surface area contributed by atoms with Crippen LogP contribution in [0.1, 0.15) is 34.6 Å². The summed E-state index contributed by atoms with van der Waals surface area (Å²) in [6, 6.07) is 8.16. The molecule has 2 rings (SSSR count). The van der Waals surface area contributed by atoms with Crippen molar-refractivity contribution in [1.29, 1.82) is 0 Å². The summed E-state index contributed by atoms with van der Waals surface area (Å²) in [5, 5.41) is 4.72. The number of rotatable bonds is 9. The van der Waals surface area contributed by atoms with Gasteiger partial charge in [-0.2, -0.15) is 0 Å². The Morgan fingerprint density at radius 2 is 1.92 bits per heavy atom. The average Bonchev–Trinajstić information content (AvgIpc) is 2.58. The average molecular weight is 329 g/mol. The second-order valence-corrected chi connectivity index (χ2v) is 6.96. The largest absolute Gasteiger partial charge is 0.494 e. The van der Waals surface area contributed by atoms with Gasteiger partial charge in [-0.05, 0) is 37.6 Å². The van der Waals surface area contributed by atoms with Gasteiger partial charge in [-0.25, -0.2) is 0 Å². The lowest BCUT2D eigenvalue weighted by molar-refractivity contribution is 0.202. The molecule has 0 unspecified atom stereocenters. The number of hydrogen-bond donors (Lipinski definition) is 1. The van der Waals surface area contributed by atoms with Crippen molar-refractivity contribution in [2.24, 2.45) is 5.41 Å². The van der Waals surface area contributed by atoms with Crippen molar-refractivity contribution in [3.63, 3.8) is 0 Å². The molecule has 0 radical (unpaired) electrons. The molecule has 0 bridgehead atoms. The monoisotopic (exact) mass is 329 g/mol. The van der Waals surface area contributed by atoms with Gasteiger partial charge in [0.2, 0.25) is 0 Å². The van der Waals surface area contributed by atoms with E-state index in [-0.39, 0.29) is 5.41 Å². The van der Waals surface area contributed by atoms with Crippen molar-refractivity contribution in [2.75, 3.05) is 38.1 Å². The number of aromatic nitrogens is 1. The Kier molecular flexibility index (Phi) is 6.44. The molecule has 1 aromatic carbocycles. The van der Waals surface area contributed by atoms with Crippen LogP contribution >= 0.6 is 0 Å². The van der Waals surface area contributed by atoms with Gasteiger partial charge in [0.15, 0.2) is 0 Å². The van der Waals surface area contributed by atoms with Crippen molar-refractivity contribution in [2.45, 2.75) is 34.6 Å². The first kappa shape index (κ1) is 18.5. The SMILES string of the molecule is CCOc1cc(NCC(C)(C)CN(CC)CC)c2ncccc2c1. The summed E-state index contributed by atoms with van der Waals surface area (Å²) in [5.74, 6) is 0.891. The second-order valence-electron chi connectivity index (χ2n) is 6.96. The van der Waals surface area contributed by atoms with E-state index in [4.69, 9.17) is 4.74 Å². The van der Waals surface area contributed by atoms with Gasteiger partial charge in [0.05, 0.1) is 17.8 Å². The molecule has 24 heavy (non-hydrogen) atoms. The van der Waals surface area contributed by atoms with E-state index >= 15 is 0 Å². The predicted octanol–water partition coefficient (Wildman–Crippen LogP) is 4.41. The molecule has 0 saturated carbocycles. The fraction of sp³-hybridized carbons (Fsp3) is 0.550. The molecule has 0 aliphatic rings. The van der Waals surface area contributed by atoms with Crippen molar-refractivity contribution < 1.29 is 4.74 Å². The number of fused-ring (bicyclic) bond motifs is 1. The highest BCUT2D eigenvalue weighted by Crippen LogP contribution is 2.29. The topological polar surface area (TPSA) is 37.4 Å². The Balaban J connectivity index is 2.19. The Bertz CT molecular complexity index is 650. The van der Waals surface area contributed by atoms with Crippen LogP contribution in [0.4, 0.5) is 5.69 Å². The number of nitrogens with one attached hydrogen (secondary N) is 1. The predicted molar refractivity (Wildman–Crippen MR) is 103 cm³/mol. The minimum atomic E-state index is 0.175. The first-order valence-electron chi connectivity index (χ1n) is 8.97. The molecule has 4 heteroatoms. The first-order valence-corrected chi connectivity index (χ1v) is 8.97. The molecule has 0 aliphatic heterocycles. The quantitative estimate of drug-likeness (QED) is 0.739. The highest BCUT2D eigenvalue weighted by molar-refractivity contribution is 5.91. The van der Waals surface area contributed by atoms with E-state index in [0.717, 1.165) is 48.5 Å². The van der Waals surface area contributed by atoms with E-state index in [1.807, 2.05) is 19.2 Å². The van der Waals surface area contributed by atoms with Gasteiger partial charge >= 0.3 is 0 Å². The fourth-order valence-electron chi connectivity index (χ4n) is 2.99. The van der Waals surface area contributed by atoms with Crippen molar-refractivity contribution in [3.8, 4) is 5.75 Å². The Morgan fingerprint density at radius 3 is 2.58 bits per heavy atom. The van der Waals surface area contributed by atoms with Gasteiger partial charge in [-0.15, -0.1) is 0 Å². The number of pyridine rings is 1. The molecule has 0 fully saturated rings. The molecule has 2 aromatic rings. The van der Waals surface area contributed by atoms with Crippen LogP contribution in [0.2, 0.25) is 0 Å². The van der Waals surface area contributed by atoms with Gasteiger partial charge in [-0.3, -0.25) is 4.98 Å². The van der Waals surface area contributed by atoms with Crippen LogP contribution in [0.5, 0.6) is 5.75 Å². The summed E-state index contributed by atoms with van der Waals surface area (Å²) in [6.07, 6.45) is 1.84. The zero-order chi connectivity index (χ0) is 17.6. The van der Waals surface area contributed by atoms with E-state index < -0.39 is 0 Å². The lowest BCUT2D eigenvalue weighted by Gasteiger charge is -2.32. The summed E-state index contributed by atoms with van der Waals surface area (Å²) < 4.78 is 5.71. The summed E-state index contributed by atoms with van der Waals surface area (Å²) >= 11 is 0. The van der Waals surface area contributed by atoms with Gasteiger partial charge < -0.3 is 15.0 Å². The van der Waals surface area contributed by atoms with Gasteiger partial charge in [0.25, 0.3) is 0 Å². The smallest absolute Gasteiger partial charge is 0.122 e. The number of ether oxygens (including phenoxy) is 1. The minimum Gasteiger partial charge on any atom is -0.494 e. The van der Waals surface area contributed by atoms with Gasteiger partial charge in [0.1, 0.15) is 5.75 Å². The van der Waals surface area contributed by atoms with E-state index in [9.17, 15) is 0 Å². The summed E-state index contributed by atoms with van der Waals surface area (Å²) in [4.78, 5) is 7.01. The number of nitrogens with zero attached hydrogens (tertiary/aromatic N) is 2. The molecular formula is C20H31N3O. The normalized spacial score (nSPS) is 11.9.